The summed E-state index contributed by atoms with van der Waals surface area (Å²) in [4.78, 5) is 0. The highest BCUT2D eigenvalue weighted by molar-refractivity contribution is 7.88. The van der Waals surface area contributed by atoms with Crippen molar-refractivity contribution in [2.24, 2.45) is 11.7 Å². The normalized spacial score (nSPS) is 17.5. The Labute approximate surface area is 146 Å². The van der Waals surface area contributed by atoms with Crippen molar-refractivity contribution in [3.8, 4) is 0 Å². The highest BCUT2D eigenvalue weighted by atomic mass is 35.5. The SMILES string of the molecule is Cl.NCC(NS(=O)(=O)Cc1cccc(C(F)(F)F)c1)C1CCCC1. The summed E-state index contributed by atoms with van der Waals surface area (Å²) in [5.41, 5.74) is 4.91. The van der Waals surface area contributed by atoms with Crippen LogP contribution in [-0.2, 0) is 22.0 Å². The van der Waals surface area contributed by atoms with Gasteiger partial charge in [-0.3, -0.25) is 0 Å². The minimum Gasteiger partial charge on any atom is -0.329 e. The molecule has 0 saturated heterocycles. The monoisotopic (exact) mass is 386 g/mol. The first-order valence-electron chi connectivity index (χ1n) is 7.57. The molecule has 4 nitrogen and oxygen atoms in total. The molecule has 1 saturated carbocycles. The minimum absolute atomic E-state index is 0. The number of hydrogen-bond acceptors (Lipinski definition) is 3. The van der Waals surface area contributed by atoms with Gasteiger partial charge in [0.1, 0.15) is 0 Å². The molecular weight excluding hydrogens is 365 g/mol. The molecule has 1 aliphatic rings. The number of nitrogens with two attached hydrogens (primary N) is 1. The Morgan fingerprint density at radius 3 is 2.42 bits per heavy atom. The summed E-state index contributed by atoms with van der Waals surface area (Å²) in [5.74, 6) is -0.281. The fourth-order valence-electron chi connectivity index (χ4n) is 3.03. The fraction of sp³-hybridized carbons (Fsp3) is 0.600. The van der Waals surface area contributed by atoms with E-state index in [0.717, 1.165) is 37.8 Å². The first-order valence-corrected chi connectivity index (χ1v) is 9.23. The molecule has 138 valence electrons. The fourth-order valence-corrected chi connectivity index (χ4v) is 4.48. The summed E-state index contributed by atoms with van der Waals surface area (Å²) in [7, 11) is -3.74. The van der Waals surface area contributed by atoms with E-state index < -0.39 is 27.5 Å². The average molecular weight is 387 g/mol. The van der Waals surface area contributed by atoms with Crippen molar-refractivity contribution in [3.05, 3.63) is 35.4 Å². The molecule has 3 N–H and O–H groups in total. The van der Waals surface area contributed by atoms with E-state index in [0.29, 0.717) is 0 Å². The van der Waals surface area contributed by atoms with Crippen LogP contribution in [-0.4, -0.2) is 21.0 Å². The lowest BCUT2D eigenvalue weighted by Crippen LogP contribution is -2.44. The van der Waals surface area contributed by atoms with Crippen LogP contribution >= 0.6 is 12.4 Å². The third-order valence-corrected chi connectivity index (χ3v) is 5.54. The van der Waals surface area contributed by atoms with Gasteiger partial charge in [-0.25, -0.2) is 13.1 Å². The summed E-state index contributed by atoms with van der Waals surface area (Å²) in [6.07, 6.45) is -0.536. The summed E-state index contributed by atoms with van der Waals surface area (Å²) in [5, 5.41) is 0. The molecule has 24 heavy (non-hydrogen) atoms. The van der Waals surface area contributed by atoms with Crippen LogP contribution < -0.4 is 10.5 Å². The van der Waals surface area contributed by atoms with E-state index in [4.69, 9.17) is 5.73 Å². The number of alkyl halides is 3. The van der Waals surface area contributed by atoms with Crippen LogP contribution in [0.15, 0.2) is 24.3 Å². The topological polar surface area (TPSA) is 72.2 Å². The van der Waals surface area contributed by atoms with Crippen molar-refractivity contribution in [1.82, 2.24) is 4.72 Å². The van der Waals surface area contributed by atoms with Gasteiger partial charge in [0, 0.05) is 12.6 Å². The number of rotatable bonds is 6. The smallest absolute Gasteiger partial charge is 0.329 e. The number of sulfonamides is 1. The van der Waals surface area contributed by atoms with E-state index in [1.54, 1.807) is 0 Å². The summed E-state index contributed by atoms with van der Waals surface area (Å²) < 4.78 is 65.1. The third kappa shape index (κ3) is 5.91. The lowest BCUT2D eigenvalue weighted by atomic mass is 9.99. The van der Waals surface area contributed by atoms with Crippen LogP contribution in [0.1, 0.15) is 36.8 Å². The van der Waals surface area contributed by atoms with Crippen LogP contribution in [0, 0.1) is 5.92 Å². The Balaban J connectivity index is 0.00000288. The predicted octanol–water partition coefficient (Wildman–Crippen LogP) is 3.06. The Morgan fingerprint density at radius 2 is 1.88 bits per heavy atom. The molecule has 0 aliphatic heterocycles. The summed E-state index contributed by atoms with van der Waals surface area (Å²) >= 11 is 0. The van der Waals surface area contributed by atoms with Crippen molar-refractivity contribution in [2.45, 2.75) is 43.7 Å². The van der Waals surface area contributed by atoms with Crippen molar-refractivity contribution < 1.29 is 21.6 Å². The van der Waals surface area contributed by atoms with E-state index in [9.17, 15) is 21.6 Å². The zero-order valence-electron chi connectivity index (χ0n) is 13.1. The van der Waals surface area contributed by atoms with E-state index >= 15 is 0 Å². The number of benzene rings is 1. The molecule has 1 aliphatic carbocycles. The standard InChI is InChI=1S/C15H21F3N2O2S.ClH/c16-15(17,18)13-7-3-4-11(8-13)10-23(21,22)20-14(9-19)12-5-1-2-6-12;/h3-4,7-8,12,14,20H,1-2,5-6,9-10,19H2;1H. The highest BCUT2D eigenvalue weighted by Gasteiger charge is 2.31. The van der Waals surface area contributed by atoms with Crippen LogP contribution in [0.3, 0.4) is 0 Å². The van der Waals surface area contributed by atoms with Gasteiger partial charge < -0.3 is 5.73 Å². The molecule has 0 heterocycles. The lowest BCUT2D eigenvalue weighted by molar-refractivity contribution is -0.137. The number of hydrogen-bond donors (Lipinski definition) is 2. The largest absolute Gasteiger partial charge is 0.416 e. The maximum Gasteiger partial charge on any atom is 0.416 e. The second kappa shape index (κ2) is 8.51. The van der Waals surface area contributed by atoms with Gasteiger partial charge in [0.05, 0.1) is 11.3 Å². The van der Waals surface area contributed by atoms with Gasteiger partial charge in [-0.2, -0.15) is 13.2 Å². The third-order valence-electron chi connectivity index (χ3n) is 4.16. The van der Waals surface area contributed by atoms with Crippen LogP contribution in [0.25, 0.3) is 0 Å². The van der Waals surface area contributed by atoms with Gasteiger partial charge in [0.15, 0.2) is 0 Å². The molecule has 1 aromatic rings. The second-order valence-electron chi connectivity index (χ2n) is 5.96. The van der Waals surface area contributed by atoms with Gasteiger partial charge in [0.2, 0.25) is 10.0 Å². The Morgan fingerprint density at radius 1 is 1.25 bits per heavy atom. The molecule has 0 spiro atoms. The van der Waals surface area contributed by atoms with Gasteiger partial charge in [-0.05, 0) is 30.4 Å². The molecule has 2 rings (SSSR count). The van der Waals surface area contributed by atoms with Gasteiger partial charge in [-0.15, -0.1) is 12.4 Å². The minimum atomic E-state index is -4.49. The molecule has 9 heteroatoms. The number of nitrogens with one attached hydrogen (secondary N) is 1. The van der Waals surface area contributed by atoms with Crippen LogP contribution in [0.5, 0.6) is 0 Å². The van der Waals surface area contributed by atoms with Crippen molar-refractivity contribution in [3.63, 3.8) is 0 Å². The predicted molar refractivity (Wildman–Crippen MR) is 89.3 cm³/mol. The van der Waals surface area contributed by atoms with Crippen molar-refractivity contribution >= 4 is 22.4 Å². The molecule has 0 radical (unpaired) electrons. The lowest BCUT2D eigenvalue weighted by Gasteiger charge is -2.23. The molecule has 0 bridgehead atoms. The summed E-state index contributed by atoms with van der Waals surface area (Å²) in [6, 6.07) is 4.03. The molecule has 0 aromatic heterocycles. The molecular formula is C15H22ClF3N2O2S. The van der Waals surface area contributed by atoms with Gasteiger partial charge in [-0.1, -0.05) is 31.0 Å². The first kappa shape index (κ1) is 21.2. The van der Waals surface area contributed by atoms with E-state index in [1.807, 2.05) is 0 Å². The van der Waals surface area contributed by atoms with Crippen molar-refractivity contribution in [1.29, 1.82) is 0 Å². The Kier molecular flexibility index (Phi) is 7.52. The Bertz CT molecular complexity index is 632. The zero-order chi connectivity index (χ0) is 17.1. The van der Waals surface area contributed by atoms with Crippen molar-refractivity contribution in [2.75, 3.05) is 6.54 Å². The van der Waals surface area contributed by atoms with Gasteiger partial charge >= 0.3 is 6.18 Å². The average Bonchev–Trinajstić information content (AvgIpc) is 2.97. The van der Waals surface area contributed by atoms with Crippen LogP contribution in [0.4, 0.5) is 13.2 Å². The van der Waals surface area contributed by atoms with E-state index in [2.05, 4.69) is 4.72 Å². The molecule has 1 unspecified atom stereocenters. The van der Waals surface area contributed by atoms with E-state index in [1.165, 1.54) is 12.1 Å². The highest BCUT2D eigenvalue weighted by Crippen LogP contribution is 2.30. The number of halogens is 4. The second-order valence-corrected chi connectivity index (χ2v) is 7.72. The Hall–Kier alpha value is -0.830. The maximum atomic E-state index is 12.7. The maximum absolute atomic E-state index is 12.7. The van der Waals surface area contributed by atoms with Crippen LogP contribution in [0.2, 0.25) is 0 Å². The summed E-state index contributed by atoms with van der Waals surface area (Å²) in [6.45, 7) is 0.187. The van der Waals surface area contributed by atoms with E-state index in [-0.39, 0.29) is 36.5 Å². The molecule has 1 fully saturated rings. The van der Waals surface area contributed by atoms with Gasteiger partial charge in [0.25, 0.3) is 0 Å². The first-order chi connectivity index (χ1) is 10.7. The quantitative estimate of drug-likeness (QED) is 0.789. The molecule has 1 aromatic carbocycles. The zero-order valence-corrected chi connectivity index (χ0v) is 14.7. The molecule has 1 atom stereocenters. The molecule has 0 amide bonds.